The van der Waals surface area contributed by atoms with Crippen LogP contribution in [-0.2, 0) is 9.84 Å². The predicted octanol–water partition coefficient (Wildman–Crippen LogP) is 1.10. The van der Waals surface area contributed by atoms with E-state index in [0.717, 1.165) is 0 Å². The molecule has 0 bridgehead atoms. The first-order chi connectivity index (χ1) is 7.46. The lowest BCUT2D eigenvalue weighted by molar-refractivity contribution is 0.0955. The normalized spacial score (nSPS) is 11.4. The van der Waals surface area contributed by atoms with Crippen molar-refractivity contribution in [2.24, 2.45) is 0 Å². The molecule has 0 fully saturated rings. The van der Waals surface area contributed by atoms with Crippen molar-refractivity contribution in [3.8, 4) is 0 Å². The van der Waals surface area contributed by atoms with E-state index in [1.807, 2.05) is 0 Å². The second-order valence-corrected chi connectivity index (χ2v) is 5.92. The molecule has 0 spiro atoms. The Kier molecular flexibility index (Phi) is 4.37. The third-order valence-corrected chi connectivity index (χ3v) is 4.00. The van der Waals surface area contributed by atoms with E-state index < -0.39 is 15.7 Å². The van der Waals surface area contributed by atoms with Crippen LogP contribution in [0.4, 0.5) is 0 Å². The van der Waals surface area contributed by atoms with Gasteiger partial charge >= 0.3 is 0 Å². The Morgan fingerprint density at radius 3 is 2.75 bits per heavy atom. The number of amides is 1. The third-order valence-electron chi connectivity index (χ3n) is 2.00. The average molecular weight is 266 g/mol. The maximum absolute atomic E-state index is 11.5. The number of hydrogen-bond donors (Lipinski definition) is 1. The minimum Gasteiger partial charge on any atom is -0.452 e. The molecule has 90 valence electrons. The van der Waals surface area contributed by atoms with Crippen LogP contribution < -0.4 is 5.32 Å². The highest BCUT2D eigenvalue weighted by molar-refractivity contribution is 7.91. The van der Waals surface area contributed by atoms with Gasteiger partial charge in [-0.05, 0) is 17.7 Å². The SMILES string of the molecule is CCS(=O)(=O)CCNC(=O)c1ccoc1Cl. The zero-order valence-corrected chi connectivity index (χ0v) is 10.3. The Morgan fingerprint density at radius 2 is 2.25 bits per heavy atom. The van der Waals surface area contributed by atoms with E-state index in [0.29, 0.717) is 0 Å². The lowest BCUT2D eigenvalue weighted by Crippen LogP contribution is -2.29. The number of carbonyl (C=O) groups excluding carboxylic acids is 1. The van der Waals surface area contributed by atoms with Crippen LogP contribution in [0, 0.1) is 0 Å². The molecule has 1 rings (SSSR count). The molecule has 0 aliphatic rings. The fraction of sp³-hybridized carbons (Fsp3) is 0.444. The van der Waals surface area contributed by atoms with Crippen molar-refractivity contribution >= 4 is 27.3 Å². The van der Waals surface area contributed by atoms with Gasteiger partial charge in [0.1, 0.15) is 0 Å². The lowest BCUT2D eigenvalue weighted by atomic mass is 10.3. The Bertz CT molecular complexity index is 466. The third kappa shape index (κ3) is 3.53. The first-order valence-corrected chi connectivity index (χ1v) is 6.88. The van der Waals surface area contributed by atoms with E-state index in [-0.39, 0.29) is 28.8 Å². The largest absolute Gasteiger partial charge is 0.452 e. The minimum atomic E-state index is -3.07. The van der Waals surface area contributed by atoms with E-state index in [1.54, 1.807) is 6.92 Å². The molecule has 0 unspecified atom stereocenters. The van der Waals surface area contributed by atoms with Crippen LogP contribution in [0.25, 0.3) is 0 Å². The van der Waals surface area contributed by atoms with Gasteiger partial charge in [-0.2, -0.15) is 0 Å². The second-order valence-electron chi connectivity index (χ2n) is 3.10. The van der Waals surface area contributed by atoms with Crippen LogP contribution in [0.2, 0.25) is 5.22 Å². The molecule has 5 nitrogen and oxygen atoms in total. The van der Waals surface area contributed by atoms with Crippen molar-refractivity contribution in [1.29, 1.82) is 0 Å². The summed E-state index contributed by atoms with van der Waals surface area (Å²) in [4.78, 5) is 11.5. The summed E-state index contributed by atoms with van der Waals surface area (Å²) < 4.78 is 27.0. The molecule has 1 amide bonds. The van der Waals surface area contributed by atoms with Crippen molar-refractivity contribution in [3.63, 3.8) is 0 Å². The van der Waals surface area contributed by atoms with Gasteiger partial charge in [-0.15, -0.1) is 0 Å². The number of halogens is 1. The summed E-state index contributed by atoms with van der Waals surface area (Å²) in [6.45, 7) is 1.63. The number of hydrogen-bond acceptors (Lipinski definition) is 4. The Morgan fingerprint density at radius 1 is 1.56 bits per heavy atom. The van der Waals surface area contributed by atoms with Gasteiger partial charge in [0, 0.05) is 12.3 Å². The number of rotatable bonds is 5. The van der Waals surface area contributed by atoms with Gasteiger partial charge < -0.3 is 9.73 Å². The van der Waals surface area contributed by atoms with Crippen LogP contribution in [0.1, 0.15) is 17.3 Å². The molecule has 7 heteroatoms. The molecular formula is C9H12ClNO4S. The molecule has 0 aliphatic heterocycles. The Labute approximate surface area is 98.7 Å². The van der Waals surface area contributed by atoms with Crippen molar-refractivity contribution in [2.45, 2.75) is 6.92 Å². The summed E-state index contributed by atoms with van der Waals surface area (Å²) >= 11 is 5.59. The van der Waals surface area contributed by atoms with Gasteiger partial charge in [-0.3, -0.25) is 4.79 Å². The molecule has 0 radical (unpaired) electrons. The Hall–Kier alpha value is -1.01. The van der Waals surface area contributed by atoms with Crippen LogP contribution in [0.3, 0.4) is 0 Å². The van der Waals surface area contributed by atoms with E-state index in [4.69, 9.17) is 16.0 Å². The average Bonchev–Trinajstić information content (AvgIpc) is 2.64. The molecule has 1 aromatic heterocycles. The lowest BCUT2D eigenvalue weighted by Gasteiger charge is -2.03. The van der Waals surface area contributed by atoms with E-state index >= 15 is 0 Å². The van der Waals surface area contributed by atoms with Crippen LogP contribution in [-0.4, -0.2) is 32.4 Å². The molecule has 0 aromatic carbocycles. The molecule has 0 aliphatic carbocycles. The maximum atomic E-state index is 11.5. The molecule has 0 saturated heterocycles. The number of sulfone groups is 1. The molecule has 1 heterocycles. The van der Waals surface area contributed by atoms with Crippen LogP contribution in [0.5, 0.6) is 0 Å². The molecule has 1 aromatic rings. The molecule has 0 atom stereocenters. The minimum absolute atomic E-state index is 0.00384. The molecule has 1 N–H and O–H groups in total. The summed E-state index contributed by atoms with van der Waals surface area (Å²) in [6, 6.07) is 1.42. The topological polar surface area (TPSA) is 76.4 Å². The van der Waals surface area contributed by atoms with Gasteiger partial charge in [-0.25, -0.2) is 8.42 Å². The molecule has 16 heavy (non-hydrogen) atoms. The predicted molar refractivity (Wildman–Crippen MR) is 60.4 cm³/mol. The summed E-state index contributed by atoms with van der Waals surface area (Å²) in [6.07, 6.45) is 1.29. The van der Waals surface area contributed by atoms with Gasteiger partial charge in [0.15, 0.2) is 9.84 Å². The van der Waals surface area contributed by atoms with E-state index in [1.165, 1.54) is 12.3 Å². The maximum Gasteiger partial charge on any atom is 0.256 e. The van der Waals surface area contributed by atoms with Crippen molar-refractivity contribution in [2.75, 3.05) is 18.1 Å². The quantitative estimate of drug-likeness (QED) is 0.865. The molecular weight excluding hydrogens is 254 g/mol. The van der Waals surface area contributed by atoms with Crippen molar-refractivity contribution < 1.29 is 17.6 Å². The van der Waals surface area contributed by atoms with E-state index in [9.17, 15) is 13.2 Å². The number of furan rings is 1. The van der Waals surface area contributed by atoms with Crippen LogP contribution in [0.15, 0.2) is 16.7 Å². The summed E-state index contributed by atoms with van der Waals surface area (Å²) in [7, 11) is -3.07. The smallest absolute Gasteiger partial charge is 0.256 e. The Balaban J connectivity index is 2.46. The fourth-order valence-corrected chi connectivity index (χ4v) is 1.92. The summed E-state index contributed by atoms with van der Waals surface area (Å²) in [5, 5.41) is 2.45. The fourth-order valence-electron chi connectivity index (χ4n) is 1.02. The first kappa shape index (κ1) is 13.1. The molecule has 0 saturated carbocycles. The monoisotopic (exact) mass is 265 g/mol. The van der Waals surface area contributed by atoms with Crippen LogP contribution >= 0.6 is 11.6 Å². The summed E-state index contributed by atoms with van der Waals surface area (Å²) in [5.74, 6) is -0.454. The van der Waals surface area contributed by atoms with Gasteiger partial charge in [0.2, 0.25) is 5.22 Å². The zero-order valence-electron chi connectivity index (χ0n) is 8.70. The zero-order chi connectivity index (χ0) is 12.2. The second kappa shape index (κ2) is 5.36. The number of carbonyl (C=O) groups is 1. The standard InChI is InChI=1S/C9H12ClNO4S/c1-2-16(13,14)6-4-11-9(12)7-3-5-15-8(7)10/h3,5H,2,4,6H2,1H3,(H,11,12). The first-order valence-electron chi connectivity index (χ1n) is 4.68. The highest BCUT2D eigenvalue weighted by Crippen LogP contribution is 2.15. The number of nitrogens with one attached hydrogen (secondary N) is 1. The van der Waals surface area contributed by atoms with Crippen molar-refractivity contribution in [1.82, 2.24) is 5.32 Å². The van der Waals surface area contributed by atoms with Crippen molar-refractivity contribution in [3.05, 3.63) is 23.1 Å². The highest BCUT2D eigenvalue weighted by atomic mass is 35.5. The van der Waals surface area contributed by atoms with Gasteiger partial charge in [-0.1, -0.05) is 6.92 Å². The van der Waals surface area contributed by atoms with Gasteiger partial charge in [0.05, 0.1) is 17.6 Å². The summed E-state index contributed by atoms with van der Waals surface area (Å²) in [5.41, 5.74) is 0.204. The van der Waals surface area contributed by atoms with E-state index in [2.05, 4.69) is 5.32 Å². The van der Waals surface area contributed by atoms with Gasteiger partial charge in [0.25, 0.3) is 5.91 Å². The highest BCUT2D eigenvalue weighted by Gasteiger charge is 2.13.